The van der Waals surface area contributed by atoms with Gasteiger partial charge < -0.3 is 5.32 Å². The smallest absolute Gasteiger partial charge is 0.293 e. The Kier molecular flexibility index (Phi) is 5.15. The SMILES string of the molecule is C=CCNc1ccc(S(=O)(=O)N2CCCCC2)cc1[N+](=O)[O-]. The van der Waals surface area contributed by atoms with Crippen LogP contribution < -0.4 is 5.32 Å². The first-order chi connectivity index (χ1) is 10.5. The summed E-state index contributed by atoms with van der Waals surface area (Å²) in [6, 6.07) is 3.95. The van der Waals surface area contributed by atoms with Gasteiger partial charge in [-0.05, 0) is 25.0 Å². The van der Waals surface area contributed by atoms with Crippen LogP contribution in [0.2, 0.25) is 0 Å². The van der Waals surface area contributed by atoms with E-state index in [0.29, 0.717) is 19.6 Å². The molecule has 0 aliphatic carbocycles. The maximum absolute atomic E-state index is 12.6. The van der Waals surface area contributed by atoms with Crippen molar-refractivity contribution in [3.8, 4) is 0 Å². The average molecular weight is 325 g/mol. The van der Waals surface area contributed by atoms with Crippen molar-refractivity contribution in [2.45, 2.75) is 24.2 Å². The van der Waals surface area contributed by atoms with Crippen molar-refractivity contribution in [1.82, 2.24) is 4.31 Å². The summed E-state index contributed by atoms with van der Waals surface area (Å²) in [6.45, 7) is 4.82. The van der Waals surface area contributed by atoms with Crippen LogP contribution in [0.4, 0.5) is 11.4 Å². The van der Waals surface area contributed by atoms with Crippen molar-refractivity contribution in [3.05, 3.63) is 41.0 Å². The summed E-state index contributed by atoms with van der Waals surface area (Å²) in [6.07, 6.45) is 4.22. The third kappa shape index (κ3) is 3.45. The maximum Gasteiger partial charge on any atom is 0.293 e. The van der Waals surface area contributed by atoms with Crippen molar-refractivity contribution in [2.75, 3.05) is 25.0 Å². The molecule has 0 atom stereocenters. The van der Waals surface area contributed by atoms with E-state index < -0.39 is 14.9 Å². The molecule has 1 aromatic rings. The Morgan fingerprint density at radius 1 is 1.32 bits per heavy atom. The largest absolute Gasteiger partial charge is 0.376 e. The average Bonchev–Trinajstić information content (AvgIpc) is 2.53. The molecule has 0 bridgehead atoms. The number of hydrogen-bond acceptors (Lipinski definition) is 5. The van der Waals surface area contributed by atoms with E-state index in [1.165, 1.54) is 16.4 Å². The first-order valence-corrected chi connectivity index (χ1v) is 8.54. The number of benzene rings is 1. The molecule has 7 nitrogen and oxygen atoms in total. The number of nitro groups is 1. The second-order valence-corrected chi connectivity index (χ2v) is 7.01. The van der Waals surface area contributed by atoms with Gasteiger partial charge >= 0.3 is 0 Å². The van der Waals surface area contributed by atoms with E-state index in [2.05, 4.69) is 11.9 Å². The van der Waals surface area contributed by atoms with Gasteiger partial charge in [0.15, 0.2) is 0 Å². The molecule has 8 heteroatoms. The second kappa shape index (κ2) is 6.89. The van der Waals surface area contributed by atoms with Crippen LogP contribution in [-0.4, -0.2) is 37.3 Å². The van der Waals surface area contributed by atoms with Crippen LogP contribution in [0.1, 0.15) is 19.3 Å². The molecule has 0 radical (unpaired) electrons. The Balaban J connectivity index is 2.36. The zero-order chi connectivity index (χ0) is 16.2. The molecular formula is C14H19N3O4S. The van der Waals surface area contributed by atoms with Gasteiger partial charge in [-0.25, -0.2) is 8.42 Å². The van der Waals surface area contributed by atoms with Crippen LogP contribution >= 0.6 is 0 Å². The van der Waals surface area contributed by atoms with Gasteiger partial charge in [0.1, 0.15) is 5.69 Å². The van der Waals surface area contributed by atoms with E-state index in [9.17, 15) is 18.5 Å². The highest BCUT2D eigenvalue weighted by molar-refractivity contribution is 7.89. The van der Waals surface area contributed by atoms with Gasteiger partial charge in [-0.1, -0.05) is 12.5 Å². The van der Waals surface area contributed by atoms with E-state index in [0.717, 1.165) is 25.3 Å². The lowest BCUT2D eigenvalue weighted by Crippen LogP contribution is -2.35. The zero-order valence-electron chi connectivity index (χ0n) is 12.2. The summed E-state index contributed by atoms with van der Waals surface area (Å²) in [4.78, 5) is 10.6. The normalized spacial score (nSPS) is 16.2. The van der Waals surface area contributed by atoms with Crippen LogP contribution in [0.25, 0.3) is 0 Å². The standard InChI is InChI=1S/C14H19N3O4S/c1-2-8-15-13-7-6-12(11-14(13)17(18)19)22(20,21)16-9-4-3-5-10-16/h2,6-7,11,15H,1,3-5,8-10H2. The van der Waals surface area contributed by atoms with Crippen molar-refractivity contribution in [2.24, 2.45) is 0 Å². The Morgan fingerprint density at radius 3 is 2.59 bits per heavy atom. The van der Waals surface area contributed by atoms with Crippen molar-refractivity contribution in [3.63, 3.8) is 0 Å². The molecule has 1 saturated heterocycles. The molecule has 2 rings (SSSR count). The molecule has 1 heterocycles. The van der Waals surface area contributed by atoms with Gasteiger partial charge in [0.25, 0.3) is 5.69 Å². The Hall–Kier alpha value is -1.93. The lowest BCUT2D eigenvalue weighted by molar-refractivity contribution is -0.384. The fourth-order valence-electron chi connectivity index (χ4n) is 2.41. The van der Waals surface area contributed by atoms with Gasteiger partial charge in [-0.3, -0.25) is 10.1 Å². The molecule has 1 aliphatic rings. The van der Waals surface area contributed by atoms with Crippen molar-refractivity contribution >= 4 is 21.4 Å². The second-order valence-electron chi connectivity index (χ2n) is 5.07. The molecule has 0 amide bonds. The summed E-state index contributed by atoms with van der Waals surface area (Å²) in [5.41, 5.74) is 0.0300. The molecule has 0 unspecified atom stereocenters. The van der Waals surface area contributed by atoms with Gasteiger partial charge in [0.2, 0.25) is 10.0 Å². The first-order valence-electron chi connectivity index (χ1n) is 7.10. The predicted molar refractivity (Wildman–Crippen MR) is 84.4 cm³/mol. The highest BCUT2D eigenvalue weighted by Gasteiger charge is 2.28. The molecule has 22 heavy (non-hydrogen) atoms. The van der Waals surface area contributed by atoms with Crippen LogP contribution in [0.15, 0.2) is 35.7 Å². The monoisotopic (exact) mass is 325 g/mol. The Morgan fingerprint density at radius 2 is 2.00 bits per heavy atom. The van der Waals surface area contributed by atoms with E-state index in [1.54, 1.807) is 6.08 Å². The molecule has 0 saturated carbocycles. The van der Waals surface area contributed by atoms with Gasteiger partial charge in [-0.2, -0.15) is 4.31 Å². The lowest BCUT2D eigenvalue weighted by Gasteiger charge is -2.25. The molecule has 1 fully saturated rings. The van der Waals surface area contributed by atoms with Gasteiger partial charge in [-0.15, -0.1) is 6.58 Å². The number of hydrogen-bond donors (Lipinski definition) is 1. The number of nitro benzene ring substituents is 1. The summed E-state index contributed by atoms with van der Waals surface area (Å²) in [5, 5.41) is 14.0. The molecule has 1 aromatic carbocycles. The third-order valence-corrected chi connectivity index (χ3v) is 5.45. The van der Waals surface area contributed by atoms with E-state index >= 15 is 0 Å². The molecule has 0 spiro atoms. The van der Waals surface area contributed by atoms with Crippen LogP contribution in [0.5, 0.6) is 0 Å². The highest BCUT2D eigenvalue weighted by Crippen LogP contribution is 2.29. The number of piperidine rings is 1. The molecule has 1 N–H and O–H groups in total. The molecule has 1 aliphatic heterocycles. The Labute approximate surface area is 129 Å². The van der Waals surface area contributed by atoms with E-state index in [-0.39, 0.29) is 16.3 Å². The quantitative estimate of drug-likeness (QED) is 0.492. The number of nitrogens with one attached hydrogen (secondary N) is 1. The third-order valence-electron chi connectivity index (χ3n) is 3.56. The summed E-state index contributed by atoms with van der Waals surface area (Å²) in [5.74, 6) is 0. The minimum atomic E-state index is -3.67. The number of anilines is 1. The van der Waals surface area contributed by atoms with Gasteiger partial charge in [0, 0.05) is 25.7 Å². The summed E-state index contributed by atoms with van der Waals surface area (Å²) >= 11 is 0. The van der Waals surface area contributed by atoms with Crippen LogP contribution in [-0.2, 0) is 10.0 Å². The number of rotatable bonds is 6. The number of nitrogens with zero attached hydrogens (tertiary/aromatic N) is 2. The summed E-state index contributed by atoms with van der Waals surface area (Å²) in [7, 11) is -3.67. The minimum absolute atomic E-state index is 0.0368. The Bertz CT molecular complexity index is 667. The van der Waals surface area contributed by atoms with Crippen molar-refractivity contribution < 1.29 is 13.3 Å². The molecule has 120 valence electrons. The van der Waals surface area contributed by atoms with Crippen LogP contribution in [0, 0.1) is 10.1 Å². The highest BCUT2D eigenvalue weighted by atomic mass is 32.2. The minimum Gasteiger partial charge on any atom is -0.376 e. The molecule has 0 aromatic heterocycles. The zero-order valence-corrected chi connectivity index (χ0v) is 13.0. The topological polar surface area (TPSA) is 92.6 Å². The van der Waals surface area contributed by atoms with E-state index in [4.69, 9.17) is 0 Å². The van der Waals surface area contributed by atoms with E-state index in [1.807, 2.05) is 0 Å². The van der Waals surface area contributed by atoms with Crippen LogP contribution in [0.3, 0.4) is 0 Å². The fourth-order valence-corrected chi connectivity index (χ4v) is 3.95. The number of sulfonamides is 1. The van der Waals surface area contributed by atoms with Gasteiger partial charge in [0.05, 0.1) is 9.82 Å². The first kappa shape index (κ1) is 16.4. The fraction of sp³-hybridized carbons (Fsp3) is 0.429. The maximum atomic E-state index is 12.6. The molecular weight excluding hydrogens is 306 g/mol. The predicted octanol–water partition coefficient (Wildman–Crippen LogP) is 2.37. The van der Waals surface area contributed by atoms with Crippen molar-refractivity contribution in [1.29, 1.82) is 0 Å². The lowest BCUT2D eigenvalue weighted by atomic mass is 10.2. The summed E-state index contributed by atoms with van der Waals surface area (Å²) < 4.78 is 26.5.